The summed E-state index contributed by atoms with van der Waals surface area (Å²) in [6, 6.07) is 9.05. The molecule has 6 heteroatoms. The largest absolute Gasteiger partial charge is 0.461 e. The number of nitrogens with zero attached hydrogens (tertiary/aromatic N) is 1. The molecule has 1 heterocycles. The number of hydrogen-bond donors (Lipinski definition) is 1. The average molecular weight is 313 g/mol. The van der Waals surface area contributed by atoms with Crippen LogP contribution in [0, 0.1) is 0 Å². The first kappa shape index (κ1) is 17.5. The number of carbonyl (C=O) groups excluding carboxylic acids is 2. The third kappa shape index (κ3) is 5.02. The number of nitrogens with one attached hydrogen (secondary N) is 1. The molecule has 1 saturated heterocycles. The first-order valence-corrected chi connectivity index (χ1v) is 6.92. The lowest BCUT2D eigenvalue weighted by Gasteiger charge is -2.31. The Morgan fingerprint density at radius 2 is 2.10 bits per heavy atom. The lowest BCUT2D eigenvalue weighted by molar-refractivity contribution is -0.149. The molecule has 1 unspecified atom stereocenters. The monoisotopic (exact) mass is 312 g/mol. The minimum absolute atomic E-state index is 0. The van der Waals surface area contributed by atoms with Gasteiger partial charge in [0.15, 0.2) is 0 Å². The number of benzene rings is 1. The number of likely N-dealkylation sites (N-methyl/N-ethyl adjacent to an activating group) is 1. The highest BCUT2D eigenvalue weighted by Crippen LogP contribution is 2.07. The maximum atomic E-state index is 12.0. The van der Waals surface area contributed by atoms with Crippen LogP contribution in [-0.2, 0) is 20.9 Å². The zero-order chi connectivity index (χ0) is 14.4. The highest BCUT2D eigenvalue weighted by molar-refractivity contribution is 5.87. The predicted molar refractivity (Wildman–Crippen MR) is 82.1 cm³/mol. The van der Waals surface area contributed by atoms with Gasteiger partial charge in [0, 0.05) is 19.6 Å². The molecule has 0 spiro atoms. The Balaban J connectivity index is 0.00000220. The van der Waals surface area contributed by atoms with E-state index < -0.39 is 6.04 Å². The molecule has 0 saturated carbocycles. The summed E-state index contributed by atoms with van der Waals surface area (Å²) in [7, 11) is 0. The Morgan fingerprint density at radius 3 is 2.76 bits per heavy atom. The van der Waals surface area contributed by atoms with Crippen LogP contribution in [0.3, 0.4) is 0 Å². The molecule has 0 aliphatic carbocycles. The van der Waals surface area contributed by atoms with Crippen LogP contribution in [0.5, 0.6) is 0 Å². The Kier molecular flexibility index (Phi) is 7.19. The van der Waals surface area contributed by atoms with Gasteiger partial charge in [-0.05, 0) is 12.5 Å². The average Bonchev–Trinajstić information content (AvgIpc) is 2.48. The molecule has 0 bridgehead atoms. The standard InChI is InChI=1S/C15H20N2O3.ClH/c1-2-17-9-8-16-13(15(17)19)10-14(18)20-11-12-6-4-3-5-7-12;/h3-7,13,16H,2,8-11H2,1H3;1H. The second-order valence-corrected chi connectivity index (χ2v) is 4.78. The molecule has 1 aromatic rings. The maximum Gasteiger partial charge on any atom is 0.308 e. The molecule has 5 nitrogen and oxygen atoms in total. The summed E-state index contributed by atoms with van der Waals surface area (Å²) in [4.78, 5) is 25.6. The van der Waals surface area contributed by atoms with Crippen molar-refractivity contribution in [3.8, 4) is 0 Å². The lowest BCUT2D eigenvalue weighted by atomic mass is 10.1. The smallest absolute Gasteiger partial charge is 0.308 e. The number of hydrogen-bond acceptors (Lipinski definition) is 4. The van der Waals surface area contributed by atoms with Crippen molar-refractivity contribution in [2.75, 3.05) is 19.6 Å². The maximum absolute atomic E-state index is 12.0. The second kappa shape index (κ2) is 8.64. The van der Waals surface area contributed by atoms with Gasteiger partial charge in [-0.2, -0.15) is 0 Å². The van der Waals surface area contributed by atoms with E-state index in [0.29, 0.717) is 13.1 Å². The van der Waals surface area contributed by atoms with E-state index in [2.05, 4.69) is 5.32 Å². The van der Waals surface area contributed by atoms with Crippen LogP contribution in [0.2, 0.25) is 0 Å². The Labute approximate surface area is 131 Å². The Morgan fingerprint density at radius 1 is 1.38 bits per heavy atom. The first-order chi connectivity index (χ1) is 9.70. The van der Waals surface area contributed by atoms with E-state index in [1.165, 1.54) is 0 Å². The van der Waals surface area contributed by atoms with E-state index in [9.17, 15) is 9.59 Å². The van der Waals surface area contributed by atoms with Crippen LogP contribution < -0.4 is 5.32 Å². The van der Waals surface area contributed by atoms with Crippen molar-refractivity contribution in [1.29, 1.82) is 0 Å². The zero-order valence-electron chi connectivity index (χ0n) is 12.1. The highest BCUT2D eigenvalue weighted by atomic mass is 35.5. The SMILES string of the molecule is CCN1CCNC(CC(=O)OCc2ccccc2)C1=O.Cl. The summed E-state index contributed by atoms with van der Waals surface area (Å²) in [6.45, 7) is 4.28. The number of halogens is 1. The summed E-state index contributed by atoms with van der Waals surface area (Å²) in [6.07, 6.45) is 0.0855. The summed E-state index contributed by atoms with van der Waals surface area (Å²) >= 11 is 0. The molecule has 1 fully saturated rings. The molecule has 1 aliphatic rings. The van der Waals surface area contributed by atoms with Crippen LogP contribution in [-0.4, -0.2) is 42.5 Å². The van der Waals surface area contributed by atoms with E-state index in [4.69, 9.17) is 4.74 Å². The van der Waals surface area contributed by atoms with Gasteiger partial charge >= 0.3 is 5.97 Å². The van der Waals surface area contributed by atoms with Crippen molar-refractivity contribution in [2.24, 2.45) is 0 Å². The van der Waals surface area contributed by atoms with Gasteiger partial charge < -0.3 is 15.0 Å². The number of piperazine rings is 1. The minimum atomic E-state index is -0.452. The van der Waals surface area contributed by atoms with Crippen LogP contribution in [0.4, 0.5) is 0 Å². The second-order valence-electron chi connectivity index (χ2n) is 4.78. The van der Waals surface area contributed by atoms with Gasteiger partial charge in [0.05, 0.1) is 12.5 Å². The molecule has 0 radical (unpaired) electrons. The lowest BCUT2D eigenvalue weighted by Crippen LogP contribution is -2.55. The zero-order valence-corrected chi connectivity index (χ0v) is 12.9. The topological polar surface area (TPSA) is 58.6 Å². The number of amides is 1. The van der Waals surface area contributed by atoms with Crippen molar-refractivity contribution in [3.05, 3.63) is 35.9 Å². The van der Waals surface area contributed by atoms with Crippen LogP contribution >= 0.6 is 12.4 Å². The van der Waals surface area contributed by atoms with Crippen LogP contribution in [0.25, 0.3) is 0 Å². The van der Waals surface area contributed by atoms with Gasteiger partial charge in [-0.1, -0.05) is 30.3 Å². The fraction of sp³-hybridized carbons (Fsp3) is 0.467. The fourth-order valence-corrected chi connectivity index (χ4v) is 2.23. The van der Waals surface area contributed by atoms with E-state index >= 15 is 0 Å². The molecule has 2 rings (SSSR count). The number of carbonyl (C=O) groups is 2. The van der Waals surface area contributed by atoms with Crippen LogP contribution in [0.1, 0.15) is 18.9 Å². The number of rotatable bonds is 5. The molecular weight excluding hydrogens is 292 g/mol. The fourth-order valence-electron chi connectivity index (χ4n) is 2.23. The summed E-state index contributed by atoms with van der Waals surface area (Å²) in [5.41, 5.74) is 0.943. The Bertz CT molecular complexity index is 467. The highest BCUT2D eigenvalue weighted by Gasteiger charge is 2.29. The minimum Gasteiger partial charge on any atom is -0.461 e. The molecule has 1 atom stereocenters. The van der Waals surface area contributed by atoms with Crippen molar-refractivity contribution in [2.45, 2.75) is 26.0 Å². The van der Waals surface area contributed by atoms with Crippen molar-refractivity contribution < 1.29 is 14.3 Å². The van der Waals surface area contributed by atoms with E-state index in [0.717, 1.165) is 12.1 Å². The van der Waals surface area contributed by atoms with E-state index in [-0.39, 0.29) is 37.3 Å². The molecule has 116 valence electrons. The van der Waals surface area contributed by atoms with Gasteiger partial charge in [0.2, 0.25) is 5.91 Å². The normalized spacial score (nSPS) is 18.0. The van der Waals surface area contributed by atoms with Gasteiger partial charge in [0.1, 0.15) is 6.61 Å². The van der Waals surface area contributed by atoms with Crippen molar-refractivity contribution in [1.82, 2.24) is 10.2 Å². The van der Waals surface area contributed by atoms with Gasteiger partial charge in [-0.3, -0.25) is 9.59 Å². The molecular formula is C15H21ClN2O3. The Hall–Kier alpha value is -1.59. The molecule has 21 heavy (non-hydrogen) atoms. The third-order valence-electron chi connectivity index (χ3n) is 3.38. The van der Waals surface area contributed by atoms with E-state index in [1.54, 1.807) is 4.90 Å². The molecule has 1 aromatic carbocycles. The summed E-state index contributed by atoms with van der Waals surface area (Å²) in [5, 5.41) is 3.07. The van der Waals surface area contributed by atoms with E-state index in [1.807, 2.05) is 37.3 Å². The molecule has 1 N–H and O–H groups in total. The van der Waals surface area contributed by atoms with Crippen molar-refractivity contribution >= 4 is 24.3 Å². The first-order valence-electron chi connectivity index (χ1n) is 6.92. The summed E-state index contributed by atoms with van der Waals surface area (Å²) in [5.74, 6) is -0.368. The molecule has 1 amide bonds. The molecule has 1 aliphatic heterocycles. The van der Waals surface area contributed by atoms with Gasteiger partial charge in [-0.25, -0.2) is 0 Å². The quantitative estimate of drug-likeness (QED) is 0.834. The predicted octanol–water partition coefficient (Wildman–Crippen LogP) is 1.36. The summed E-state index contributed by atoms with van der Waals surface area (Å²) < 4.78 is 5.20. The van der Waals surface area contributed by atoms with Crippen LogP contribution in [0.15, 0.2) is 30.3 Å². The third-order valence-corrected chi connectivity index (χ3v) is 3.38. The molecule has 0 aromatic heterocycles. The number of ether oxygens (including phenoxy) is 1. The van der Waals surface area contributed by atoms with Crippen molar-refractivity contribution in [3.63, 3.8) is 0 Å². The number of esters is 1. The van der Waals surface area contributed by atoms with Gasteiger partial charge in [-0.15, -0.1) is 12.4 Å². The van der Waals surface area contributed by atoms with Gasteiger partial charge in [0.25, 0.3) is 0 Å².